The summed E-state index contributed by atoms with van der Waals surface area (Å²) in [5.41, 5.74) is 7.26. The van der Waals surface area contributed by atoms with Crippen LogP contribution in [0.3, 0.4) is 0 Å². The zero-order valence-electron chi connectivity index (χ0n) is 11.7. The number of halogens is 1. The van der Waals surface area contributed by atoms with Gasteiger partial charge in [0.15, 0.2) is 0 Å². The molecule has 1 atom stereocenters. The molecule has 108 valence electrons. The quantitative estimate of drug-likeness (QED) is 0.679. The molecule has 0 aliphatic carbocycles. The number of likely N-dealkylation sites (tertiary alicyclic amines) is 1. The molecule has 2 heterocycles. The Bertz CT molecular complexity index is 530. The van der Waals surface area contributed by atoms with E-state index in [4.69, 9.17) is 22.1 Å². The third-order valence-electron chi connectivity index (χ3n) is 3.33. The monoisotopic (exact) mass is 294 g/mol. The van der Waals surface area contributed by atoms with Crippen molar-refractivity contribution in [2.75, 3.05) is 27.2 Å². The molecule has 0 saturated carbocycles. The summed E-state index contributed by atoms with van der Waals surface area (Å²) >= 11 is 5.86. The molecule has 1 aliphatic heterocycles. The molecule has 0 amide bonds. The zero-order chi connectivity index (χ0) is 14.5. The van der Waals surface area contributed by atoms with Crippen molar-refractivity contribution in [3.05, 3.63) is 29.2 Å². The van der Waals surface area contributed by atoms with Crippen LogP contribution >= 0.6 is 11.6 Å². The van der Waals surface area contributed by atoms with Gasteiger partial charge in [-0.25, -0.2) is 4.98 Å². The van der Waals surface area contributed by atoms with Gasteiger partial charge in [-0.1, -0.05) is 11.6 Å². The number of aliphatic imine (C=N–C) groups is 1. The Balaban J connectivity index is 2.18. The number of aromatic nitrogens is 1. The molecule has 0 radical (unpaired) electrons. The second-order valence-electron chi connectivity index (χ2n) is 4.81. The van der Waals surface area contributed by atoms with Crippen molar-refractivity contribution in [1.29, 1.82) is 0 Å². The van der Waals surface area contributed by atoms with E-state index in [0.29, 0.717) is 16.9 Å². The minimum atomic E-state index is 0.321. The number of hydrogen-bond acceptors (Lipinski definition) is 5. The predicted molar refractivity (Wildman–Crippen MR) is 82.4 cm³/mol. The predicted octanol–water partition coefficient (Wildman–Crippen LogP) is 1.82. The highest BCUT2D eigenvalue weighted by atomic mass is 35.5. The maximum absolute atomic E-state index is 5.86. The lowest BCUT2D eigenvalue weighted by Crippen LogP contribution is -2.15. The third-order valence-corrected chi connectivity index (χ3v) is 3.54. The van der Waals surface area contributed by atoms with Crippen LogP contribution in [-0.4, -0.2) is 49.4 Å². The van der Waals surface area contributed by atoms with E-state index in [2.05, 4.69) is 21.9 Å². The second kappa shape index (κ2) is 6.72. The van der Waals surface area contributed by atoms with Gasteiger partial charge in [0.2, 0.25) is 0 Å². The second-order valence-corrected chi connectivity index (χ2v) is 5.20. The van der Waals surface area contributed by atoms with Crippen LogP contribution in [0.5, 0.6) is 5.75 Å². The van der Waals surface area contributed by atoms with Crippen LogP contribution in [0, 0.1) is 0 Å². The Hall–Kier alpha value is -1.59. The molecule has 0 aromatic carbocycles. The molecule has 6 heteroatoms. The van der Waals surface area contributed by atoms with E-state index in [-0.39, 0.29) is 0 Å². The molecule has 1 aromatic heterocycles. The number of likely N-dealkylation sites (N-methyl/N-ethyl adjacent to an activating group) is 1. The van der Waals surface area contributed by atoms with Gasteiger partial charge in [0.25, 0.3) is 0 Å². The molecule has 2 rings (SSSR count). The van der Waals surface area contributed by atoms with E-state index >= 15 is 0 Å². The Morgan fingerprint density at radius 1 is 1.65 bits per heavy atom. The third kappa shape index (κ3) is 3.49. The molecule has 1 aliphatic rings. The van der Waals surface area contributed by atoms with E-state index < -0.39 is 0 Å². The summed E-state index contributed by atoms with van der Waals surface area (Å²) in [5.74, 6) is 0.636. The first-order valence-electron chi connectivity index (χ1n) is 6.47. The van der Waals surface area contributed by atoms with Crippen molar-refractivity contribution in [3.63, 3.8) is 0 Å². The molecule has 0 spiro atoms. The zero-order valence-corrected chi connectivity index (χ0v) is 12.5. The first-order valence-corrected chi connectivity index (χ1v) is 6.85. The smallest absolute Gasteiger partial charge is 0.132 e. The van der Waals surface area contributed by atoms with Crippen molar-refractivity contribution in [2.45, 2.75) is 12.5 Å². The van der Waals surface area contributed by atoms with Crippen LogP contribution in [0.4, 0.5) is 0 Å². The Labute approximate surface area is 124 Å². The fraction of sp³-hybridized carbons (Fsp3) is 0.429. The molecule has 20 heavy (non-hydrogen) atoms. The number of ether oxygens (including phenoxy) is 1. The number of nitrogens with two attached hydrogens (primary N) is 1. The average Bonchev–Trinajstić information content (AvgIpc) is 2.86. The molecule has 1 aromatic rings. The SMILES string of the molecule is COc1cc(Cl)ncc1/C(C=NC1CCN(C)C1)=C/N. The van der Waals surface area contributed by atoms with Crippen molar-refractivity contribution < 1.29 is 4.74 Å². The minimum Gasteiger partial charge on any atom is -0.496 e. The highest BCUT2D eigenvalue weighted by Crippen LogP contribution is 2.26. The lowest BCUT2D eigenvalue weighted by molar-refractivity contribution is 0.411. The van der Waals surface area contributed by atoms with Gasteiger partial charge in [-0.2, -0.15) is 0 Å². The first-order chi connectivity index (χ1) is 9.63. The van der Waals surface area contributed by atoms with Gasteiger partial charge in [-0.15, -0.1) is 0 Å². The summed E-state index contributed by atoms with van der Waals surface area (Å²) in [7, 11) is 3.69. The molecule has 1 saturated heterocycles. The summed E-state index contributed by atoms with van der Waals surface area (Å²) in [6.07, 6.45) is 6.01. The lowest BCUT2D eigenvalue weighted by atomic mass is 10.1. The van der Waals surface area contributed by atoms with Crippen LogP contribution < -0.4 is 10.5 Å². The van der Waals surface area contributed by atoms with Gasteiger partial charge in [0.1, 0.15) is 10.9 Å². The number of nitrogens with zero attached hydrogens (tertiary/aromatic N) is 3. The van der Waals surface area contributed by atoms with Crippen molar-refractivity contribution >= 4 is 23.4 Å². The number of methoxy groups -OCH3 is 1. The highest BCUT2D eigenvalue weighted by molar-refractivity contribution is 6.29. The molecule has 1 fully saturated rings. The van der Waals surface area contributed by atoms with Gasteiger partial charge in [0, 0.05) is 42.4 Å². The number of pyridine rings is 1. The fourth-order valence-corrected chi connectivity index (χ4v) is 2.37. The van der Waals surface area contributed by atoms with Crippen LogP contribution in [-0.2, 0) is 0 Å². The number of hydrogen-bond donors (Lipinski definition) is 1. The standard InChI is InChI=1S/C14H19ClN4O/c1-19-4-3-11(9-19)17-7-10(6-16)12-8-18-14(15)5-13(12)20-2/h5-8,11H,3-4,9,16H2,1-2H3/b10-6+,17-7?. The maximum atomic E-state index is 5.86. The van der Waals surface area contributed by atoms with E-state index in [0.717, 1.165) is 30.6 Å². The van der Waals surface area contributed by atoms with Gasteiger partial charge < -0.3 is 15.4 Å². The first kappa shape index (κ1) is 14.8. The van der Waals surface area contributed by atoms with Crippen LogP contribution in [0.1, 0.15) is 12.0 Å². The lowest BCUT2D eigenvalue weighted by Gasteiger charge is -2.09. The van der Waals surface area contributed by atoms with Gasteiger partial charge in [-0.05, 0) is 20.0 Å². The summed E-state index contributed by atoms with van der Waals surface area (Å²) in [6, 6.07) is 1.98. The van der Waals surface area contributed by atoms with Gasteiger partial charge in [0.05, 0.1) is 13.2 Å². The average molecular weight is 295 g/mol. The van der Waals surface area contributed by atoms with E-state index in [9.17, 15) is 0 Å². The Kier molecular flexibility index (Phi) is 4.98. The summed E-state index contributed by atoms with van der Waals surface area (Å²) < 4.78 is 5.31. The maximum Gasteiger partial charge on any atom is 0.132 e. The number of rotatable bonds is 4. The largest absolute Gasteiger partial charge is 0.496 e. The summed E-state index contributed by atoms with van der Waals surface area (Å²) in [5, 5.41) is 0.385. The molecule has 2 N–H and O–H groups in total. The van der Waals surface area contributed by atoms with E-state index in [1.165, 1.54) is 6.20 Å². The molecular formula is C14H19ClN4O. The molecule has 5 nitrogen and oxygen atoms in total. The molecule has 0 bridgehead atoms. The normalized spacial score (nSPS) is 20.8. The van der Waals surface area contributed by atoms with Crippen LogP contribution in [0.15, 0.2) is 23.5 Å². The Morgan fingerprint density at radius 2 is 2.45 bits per heavy atom. The van der Waals surface area contributed by atoms with E-state index in [1.807, 2.05) is 0 Å². The summed E-state index contributed by atoms with van der Waals surface area (Å²) in [4.78, 5) is 10.9. The fourth-order valence-electron chi connectivity index (χ4n) is 2.22. The minimum absolute atomic E-state index is 0.321. The Morgan fingerprint density at radius 3 is 3.05 bits per heavy atom. The topological polar surface area (TPSA) is 63.7 Å². The van der Waals surface area contributed by atoms with Crippen molar-refractivity contribution in [1.82, 2.24) is 9.88 Å². The molecule has 1 unspecified atom stereocenters. The summed E-state index contributed by atoms with van der Waals surface area (Å²) in [6.45, 7) is 2.06. The molecular weight excluding hydrogens is 276 g/mol. The van der Waals surface area contributed by atoms with Crippen LogP contribution in [0.25, 0.3) is 5.57 Å². The highest BCUT2D eigenvalue weighted by Gasteiger charge is 2.18. The van der Waals surface area contributed by atoms with Gasteiger partial charge >= 0.3 is 0 Å². The number of allylic oxidation sites excluding steroid dienone is 1. The van der Waals surface area contributed by atoms with Crippen molar-refractivity contribution in [2.24, 2.45) is 10.7 Å². The van der Waals surface area contributed by atoms with Crippen LogP contribution in [0.2, 0.25) is 5.15 Å². The van der Waals surface area contributed by atoms with E-state index in [1.54, 1.807) is 25.6 Å². The van der Waals surface area contributed by atoms with Gasteiger partial charge in [-0.3, -0.25) is 4.99 Å². The van der Waals surface area contributed by atoms with Crippen molar-refractivity contribution in [3.8, 4) is 5.75 Å².